The van der Waals surface area contributed by atoms with Crippen LogP contribution in [0.1, 0.15) is 0 Å². The molecule has 0 saturated heterocycles. The van der Waals surface area contributed by atoms with E-state index in [4.69, 9.17) is 4.74 Å². The molecule has 2 aromatic rings. The number of hydrogen-bond acceptors (Lipinski definition) is 4. The minimum absolute atomic E-state index is 0.145. The first-order valence-electron chi connectivity index (χ1n) is 5.00. The number of benzene rings is 1. The zero-order chi connectivity index (χ0) is 14.9. The molecule has 0 unspecified atom stereocenters. The number of pyridine rings is 1. The Labute approximate surface area is 128 Å². The number of ether oxygens (including phenoxy) is 1. The van der Waals surface area contributed by atoms with E-state index >= 15 is 0 Å². The van der Waals surface area contributed by atoms with Crippen LogP contribution in [0.15, 0.2) is 33.5 Å². The zero-order valence-corrected chi connectivity index (χ0v) is 12.6. The quantitative estimate of drug-likeness (QED) is 0.422. The lowest BCUT2D eigenvalue weighted by Gasteiger charge is -2.09. The fourth-order valence-electron chi connectivity index (χ4n) is 1.36. The normalized spacial score (nSPS) is 10.4. The number of halogens is 4. The fraction of sp³-hybridized carbons (Fsp3) is 0. The zero-order valence-electron chi connectivity index (χ0n) is 9.44. The molecule has 1 heterocycles. The van der Waals surface area contributed by atoms with Crippen molar-refractivity contribution in [2.24, 2.45) is 0 Å². The Kier molecular flexibility index (Phi) is 4.29. The number of aromatic nitrogens is 1. The first-order valence-corrected chi connectivity index (χ1v) is 6.59. The second-order valence-electron chi connectivity index (χ2n) is 3.53. The van der Waals surface area contributed by atoms with Crippen molar-refractivity contribution in [1.29, 1.82) is 0 Å². The summed E-state index contributed by atoms with van der Waals surface area (Å²) < 4.78 is 32.4. The third kappa shape index (κ3) is 2.93. The van der Waals surface area contributed by atoms with E-state index in [9.17, 15) is 18.9 Å². The molecule has 1 aromatic carbocycles. The monoisotopic (exact) mass is 408 g/mol. The van der Waals surface area contributed by atoms with Gasteiger partial charge in [-0.1, -0.05) is 15.9 Å². The smallest absolute Gasteiger partial charge is 0.330 e. The van der Waals surface area contributed by atoms with Crippen molar-refractivity contribution in [3.8, 4) is 11.5 Å². The van der Waals surface area contributed by atoms with Gasteiger partial charge in [-0.3, -0.25) is 15.1 Å². The average molecular weight is 410 g/mol. The molecular weight excluding hydrogens is 406 g/mol. The van der Waals surface area contributed by atoms with Crippen LogP contribution in [-0.2, 0) is 0 Å². The van der Waals surface area contributed by atoms with E-state index in [1.807, 2.05) is 0 Å². The average Bonchev–Trinajstić information content (AvgIpc) is 2.37. The summed E-state index contributed by atoms with van der Waals surface area (Å²) in [6.07, 6.45) is 2.20. The summed E-state index contributed by atoms with van der Waals surface area (Å²) in [5.41, 5.74) is -0.473. The van der Waals surface area contributed by atoms with Crippen LogP contribution in [0, 0.1) is 21.7 Å². The molecular formula is C11H4Br2F2N2O3. The van der Waals surface area contributed by atoms with Crippen LogP contribution in [-0.4, -0.2) is 9.91 Å². The van der Waals surface area contributed by atoms with E-state index in [1.165, 1.54) is 6.20 Å². The SMILES string of the molecule is O=[N+]([O-])c1cncc(Br)c1Oc1cc(Br)cc(F)c1F. The van der Waals surface area contributed by atoms with Gasteiger partial charge in [-0.15, -0.1) is 0 Å². The highest BCUT2D eigenvalue weighted by Crippen LogP contribution is 2.39. The third-order valence-corrected chi connectivity index (χ3v) is 3.23. The Bertz CT molecular complexity index is 698. The van der Waals surface area contributed by atoms with Gasteiger partial charge in [0.2, 0.25) is 11.6 Å². The van der Waals surface area contributed by atoms with Crippen LogP contribution in [0.2, 0.25) is 0 Å². The van der Waals surface area contributed by atoms with Gasteiger partial charge >= 0.3 is 5.69 Å². The first-order chi connectivity index (χ1) is 9.40. The maximum atomic E-state index is 13.6. The van der Waals surface area contributed by atoms with Crippen LogP contribution in [0.25, 0.3) is 0 Å². The molecule has 9 heteroatoms. The topological polar surface area (TPSA) is 65.3 Å². The molecule has 0 atom stereocenters. The van der Waals surface area contributed by atoms with Crippen molar-refractivity contribution in [2.75, 3.05) is 0 Å². The lowest BCUT2D eigenvalue weighted by Crippen LogP contribution is -1.98. The largest absolute Gasteiger partial charge is 0.446 e. The van der Waals surface area contributed by atoms with E-state index < -0.39 is 28.0 Å². The Hall–Kier alpha value is -1.61. The van der Waals surface area contributed by atoms with Crippen molar-refractivity contribution in [3.05, 3.63) is 55.2 Å². The minimum Gasteiger partial charge on any atom is -0.446 e. The van der Waals surface area contributed by atoms with Gasteiger partial charge in [0.25, 0.3) is 0 Å². The van der Waals surface area contributed by atoms with E-state index in [1.54, 1.807) is 0 Å². The van der Waals surface area contributed by atoms with E-state index in [-0.39, 0.29) is 14.7 Å². The predicted molar refractivity (Wildman–Crippen MR) is 72.7 cm³/mol. The molecule has 1 aromatic heterocycles. The third-order valence-electron chi connectivity index (χ3n) is 2.20. The van der Waals surface area contributed by atoms with Gasteiger partial charge in [0.15, 0.2) is 11.6 Å². The van der Waals surface area contributed by atoms with Crippen molar-refractivity contribution in [3.63, 3.8) is 0 Å². The number of rotatable bonds is 3. The van der Waals surface area contributed by atoms with Crippen molar-refractivity contribution >= 4 is 37.5 Å². The van der Waals surface area contributed by atoms with Gasteiger partial charge in [0.1, 0.15) is 6.20 Å². The first kappa shape index (κ1) is 14.8. The minimum atomic E-state index is -1.24. The summed E-state index contributed by atoms with van der Waals surface area (Å²) in [5.74, 6) is -3.12. The second-order valence-corrected chi connectivity index (χ2v) is 5.30. The molecule has 0 fully saturated rings. The molecule has 0 aliphatic heterocycles. The van der Waals surface area contributed by atoms with E-state index in [0.717, 1.165) is 18.3 Å². The highest BCUT2D eigenvalue weighted by atomic mass is 79.9. The summed E-state index contributed by atoms with van der Waals surface area (Å²) >= 11 is 6.00. The van der Waals surface area contributed by atoms with Crippen molar-refractivity contribution < 1.29 is 18.4 Å². The van der Waals surface area contributed by atoms with E-state index in [2.05, 4.69) is 36.8 Å². The summed E-state index contributed by atoms with van der Waals surface area (Å²) in [6, 6.07) is 2.08. The molecule has 0 aliphatic rings. The molecule has 20 heavy (non-hydrogen) atoms. The second kappa shape index (κ2) is 5.80. The van der Waals surface area contributed by atoms with Crippen molar-refractivity contribution in [1.82, 2.24) is 4.98 Å². The van der Waals surface area contributed by atoms with Crippen LogP contribution >= 0.6 is 31.9 Å². The summed E-state index contributed by atoms with van der Waals surface area (Å²) in [5, 5.41) is 10.9. The van der Waals surface area contributed by atoms with Gasteiger partial charge in [-0.25, -0.2) is 4.39 Å². The number of hydrogen-bond donors (Lipinski definition) is 0. The van der Waals surface area contributed by atoms with Gasteiger partial charge in [-0.05, 0) is 28.1 Å². The molecule has 0 amide bonds. The maximum absolute atomic E-state index is 13.6. The predicted octanol–water partition coefficient (Wildman–Crippen LogP) is 4.59. The lowest BCUT2D eigenvalue weighted by atomic mass is 10.3. The van der Waals surface area contributed by atoms with Gasteiger partial charge in [-0.2, -0.15) is 4.39 Å². The molecule has 0 radical (unpaired) electrons. The summed E-state index contributed by atoms with van der Waals surface area (Å²) in [6.45, 7) is 0. The van der Waals surface area contributed by atoms with Gasteiger partial charge < -0.3 is 4.74 Å². The van der Waals surface area contributed by atoms with Gasteiger partial charge in [0, 0.05) is 10.7 Å². The van der Waals surface area contributed by atoms with Crippen LogP contribution in [0.3, 0.4) is 0 Å². The molecule has 0 bridgehead atoms. The highest BCUT2D eigenvalue weighted by Gasteiger charge is 2.22. The summed E-state index contributed by atoms with van der Waals surface area (Å²) in [4.78, 5) is 13.8. The molecule has 0 saturated carbocycles. The van der Waals surface area contributed by atoms with Crippen LogP contribution in [0.5, 0.6) is 11.5 Å². The lowest BCUT2D eigenvalue weighted by molar-refractivity contribution is -0.386. The van der Waals surface area contributed by atoms with Crippen LogP contribution in [0.4, 0.5) is 14.5 Å². The van der Waals surface area contributed by atoms with Crippen molar-refractivity contribution in [2.45, 2.75) is 0 Å². The maximum Gasteiger partial charge on any atom is 0.330 e. The standard InChI is InChI=1S/C11H4Br2F2N2O3/c12-5-1-7(14)10(15)9(2-5)20-11-6(13)3-16-4-8(11)17(18)19/h1-4H. The Morgan fingerprint density at radius 2 is 1.95 bits per heavy atom. The van der Waals surface area contributed by atoms with E-state index in [0.29, 0.717) is 0 Å². The summed E-state index contributed by atoms with van der Waals surface area (Å²) in [7, 11) is 0. The highest BCUT2D eigenvalue weighted by molar-refractivity contribution is 9.10. The molecule has 0 aliphatic carbocycles. The Balaban J connectivity index is 2.53. The molecule has 2 rings (SSSR count). The van der Waals surface area contributed by atoms with Gasteiger partial charge in [0.05, 0.1) is 9.40 Å². The number of nitrogens with zero attached hydrogens (tertiary/aromatic N) is 2. The van der Waals surface area contributed by atoms with Crippen LogP contribution < -0.4 is 4.74 Å². The Morgan fingerprint density at radius 3 is 2.60 bits per heavy atom. The molecule has 5 nitrogen and oxygen atoms in total. The number of nitro groups is 1. The molecule has 0 N–H and O–H groups in total. The molecule has 0 spiro atoms. The molecule has 104 valence electrons. The fourth-order valence-corrected chi connectivity index (χ4v) is 2.17. The Morgan fingerprint density at radius 1 is 1.25 bits per heavy atom.